The number of thiophene rings is 1. The number of benzene rings is 8. The minimum atomic E-state index is -0.230. The zero-order chi connectivity index (χ0) is 32.3. The maximum absolute atomic E-state index is 5.07. The van der Waals surface area contributed by atoms with Crippen LogP contribution in [0.15, 0.2) is 174 Å². The Labute approximate surface area is 287 Å². The normalized spacial score (nSPS) is 14.7. The second kappa shape index (κ2) is 11.3. The van der Waals surface area contributed by atoms with Crippen LogP contribution in [-0.2, 0) is 0 Å². The van der Waals surface area contributed by atoms with Crippen molar-refractivity contribution in [3.05, 3.63) is 180 Å². The van der Waals surface area contributed by atoms with Crippen LogP contribution in [0.25, 0.3) is 63.6 Å². The van der Waals surface area contributed by atoms with E-state index in [4.69, 9.17) is 9.98 Å². The molecule has 0 radical (unpaired) electrons. The highest BCUT2D eigenvalue weighted by molar-refractivity contribution is 7.26. The number of aliphatic imine (C=N–C) groups is 2. The van der Waals surface area contributed by atoms with Crippen LogP contribution in [0.1, 0.15) is 22.9 Å². The number of nitrogens with one attached hydrogen (secondary N) is 1. The SMILES string of the molecule is c1ccc(C2=NC(c3ccccc3)NC(c3ccc4sc5c(-c6ccc7c8ccccc8c8ccccc8c7c6)cccc5c4c3)=N2)cc1. The van der Waals surface area contributed by atoms with Crippen LogP contribution in [0.4, 0.5) is 0 Å². The summed E-state index contributed by atoms with van der Waals surface area (Å²) in [6.07, 6.45) is -0.230. The van der Waals surface area contributed by atoms with Crippen molar-refractivity contribution in [1.82, 2.24) is 5.32 Å². The van der Waals surface area contributed by atoms with Crippen LogP contribution in [0.3, 0.4) is 0 Å². The summed E-state index contributed by atoms with van der Waals surface area (Å²) in [6.45, 7) is 0. The van der Waals surface area contributed by atoms with Crippen LogP contribution < -0.4 is 5.32 Å². The number of amidine groups is 2. The number of hydrogen-bond donors (Lipinski definition) is 1. The molecule has 1 N–H and O–H groups in total. The zero-order valence-corrected chi connectivity index (χ0v) is 27.3. The molecule has 1 aliphatic rings. The smallest absolute Gasteiger partial charge is 0.159 e. The van der Waals surface area contributed by atoms with Crippen molar-refractivity contribution in [3.63, 3.8) is 0 Å². The van der Waals surface area contributed by atoms with Gasteiger partial charge in [-0.25, -0.2) is 9.98 Å². The summed E-state index contributed by atoms with van der Waals surface area (Å²) in [5.74, 6) is 1.56. The third-order valence-electron chi connectivity index (χ3n) is 9.72. The molecular formula is C45H29N3S. The second-order valence-electron chi connectivity index (χ2n) is 12.6. The van der Waals surface area contributed by atoms with Crippen LogP contribution >= 0.6 is 11.3 Å². The van der Waals surface area contributed by atoms with Crippen molar-refractivity contribution in [2.45, 2.75) is 6.17 Å². The lowest BCUT2D eigenvalue weighted by molar-refractivity contribution is 0.674. The Bertz CT molecular complexity index is 2760. The lowest BCUT2D eigenvalue weighted by Gasteiger charge is -2.23. The molecule has 0 saturated carbocycles. The largest absolute Gasteiger partial charge is 0.344 e. The van der Waals surface area contributed by atoms with Gasteiger partial charge in [0.2, 0.25) is 0 Å². The summed E-state index contributed by atoms with van der Waals surface area (Å²) >= 11 is 1.86. The molecule has 49 heavy (non-hydrogen) atoms. The Morgan fingerprint density at radius 1 is 0.449 bits per heavy atom. The standard InChI is InChI=1S/C45H29N3S/c1-3-12-28(13-4-1)43-46-44(29-14-5-2-6-15-29)48-45(47-43)31-23-25-41-40(27-31)38-21-11-20-32(42(38)49-41)30-22-24-37-35-18-8-7-16-33(35)34-17-9-10-19-36(34)39(37)26-30/h1-27,43H,(H,46,47,48). The molecule has 8 aromatic carbocycles. The Balaban J connectivity index is 1.11. The van der Waals surface area contributed by atoms with Crippen molar-refractivity contribution < 1.29 is 0 Å². The Kier molecular flexibility index (Phi) is 6.42. The van der Waals surface area contributed by atoms with Crippen LogP contribution in [0.2, 0.25) is 0 Å². The third kappa shape index (κ3) is 4.64. The van der Waals surface area contributed by atoms with E-state index in [-0.39, 0.29) is 6.17 Å². The quantitative estimate of drug-likeness (QED) is 0.190. The summed E-state index contributed by atoms with van der Waals surface area (Å²) in [4.78, 5) is 10.1. The highest BCUT2D eigenvalue weighted by Gasteiger charge is 2.22. The first-order valence-electron chi connectivity index (χ1n) is 16.6. The van der Waals surface area contributed by atoms with Gasteiger partial charge in [-0.15, -0.1) is 11.3 Å². The number of rotatable bonds is 4. The average molecular weight is 644 g/mol. The van der Waals surface area contributed by atoms with E-state index < -0.39 is 0 Å². The molecule has 0 spiro atoms. The van der Waals surface area contributed by atoms with Gasteiger partial charge in [0.05, 0.1) is 0 Å². The van der Waals surface area contributed by atoms with Crippen LogP contribution in [0, 0.1) is 0 Å². The fourth-order valence-corrected chi connectivity index (χ4v) is 8.59. The van der Waals surface area contributed by atoms with Gasteiger partial charge >= 0.3 is 0 Å². The molecule has 9 aromatic rings. The van der Waals surface area contributed by atoms with E-state index in [1.165, 1.54) is 63.6 Å². The predicted molar refractivity (Wildman–Crippen MR) is 209 cm³/mol. The third-order valence-corrected chi connectivity index (χ3v) is 10.9. The first kappa shape index (κ1) is 28.0. The van der Waals surface area contributed by atoms with E-state index in [1.807, 2.05) is 35.6 Å². The molecule has 0 aliphatic carbocycles. The molecule has 10 rings (SSSR count). The van der Waals surface area contributed by atoms with Crippen molar-refractivity contribution in [2.75, 3.05) is 0 Å². The van der Waals surface area contributed by atoms with E-state index in [2.05, 4.69) is 145 Å². The number of hydrogen-bond acceptors (Lipinski definition) is 4. The first-order valence-corrected chi connectivity index (χ1v) is 17.4. The maximum Gasteiger partial charge on any atom is 0.159 e. The molecule has 230 valence electrons. The number of nitrogens with zero attached hydrogens (tertiary/aromatic N) is 2. The van der Waals surface area contributed by atoms with Gasteiger partial charge in [-0.1, -0.05) is 140 Å². The summed E-state index contributed by atoms with van der Waals surface area (Å²) < 4.78 is 2.56. The topological polar surface area (TPSA) is 36.8 Å². The van der Waals surface area contributed by atoms with Crippen LogP contribution in [0.5, 0.6) is 0 Å². The zero-order valence-electron chi connectivity index (χ0n) is 26.5. The van der Waals surface area contributed by atoms with E-state index >= 15 is 0 Å². The molecule has 1 aliphatic heterocycles. The highest BCUT2D eigenvalue weighted by Crippen LogP contribution is 2.43. The monoisotopic (exact) mass is 643 g/mol. The number of fused-ring (bicyclic) bond motifs is 9. The molecule has 0 bridgehead atoms. The van der Waals surface area contributed by atoms with Crippen molar-refractivity contribution >= 4 is 75.5 Å². The molecule has 0 amide bonds. The highest BCUT2D eigenvalue weighted by atomic mass is 32.1. The fourth-order valence-electron chi connectivity index (χ4n) is 7.37. The second-order valence-corrected chi connectivity index (χ2v) is 13.6. The molecular weight excluding hydrogens is 615 g/mol. The van der Waals surface area contributed by atoms with Crippen molar-refractivity contribution in [3.8, 4) is 11.1 Å². The summed E-state index contributed by atoms with van der Waals surface area (Å²) in [6, 6.07) is 58.6. The van der Waals surface area contributed by atoms with Gasteiger partial charge in [0, 0.05) is 31.3 Å². The van der Waals surface area contributed by atoms with Gasteiger partial charge in [0.1, 0.15) is 12.0 Å². The van der Waals surface area contributed by atoms with Gasteiger partial charge in [-0.05, 0) is 73.3 Å². The molecule has 3 nitrogen and oxygen atoms in total. The summed E-state index contributed by atoms with van der Waals surface area (Å²) in [7, 11) is 0. The molecule has 1 atom stereocenters. The predicted octanol–water partition coefficient (Wildman–Crippen LogP) is 11.7. The van der Waals surface area contributed by atoms with Crippen molar-refractivity contribution in [2.24, 2.45) is 9.98 Å². The van der Waals surface area contributed by atoms with E-state index in [1.54, 1.807) is 0 Å². The van der Waals surface area contributed by atoms with Gasteiger partial charge in [0.15, 0.2) is 5.84 Å². The Hall–Kier alpha value is -6.10. The molecule has 4 heteroatoms. The maximum atomic E-state index is 5.07. The lowest BCUT2D eigenvalue weighted by Crippen LogP contribution is -2.33. The van der Waals surface area contributed by atoms with Gasteiger partial charge < -0.3 is 5.32 Å². The van der Waals surface area contributed by atoms with Crippen molar-refractivity contribution in [1.29, 1.82) is 0 Å². The van der Waals surface area contributed by atoms with Gasteiger partial charge in [0.25, 0.3) is 0 Å². The molecule has 2 heterocycles. The minimum Gasteiger partial charge on any atom is -0.344 e. The van der Waals surface area contributed by atoms with Gasteiger partial charge in [-0.3, -0.25) is 0 Å². The molecule has 1 aromatic heterocycles. The Morgan fingerprint density at radius 2 is 1.04 bits per heavy atom. The van der Waals surface area contributed by atoms with E-state index in [0.29, 0.717) is 0 Å². The van der Waals surface area contributed by atoms with E-state index in [0.717, 1.165) is 28.4 Å². The minimum absolute atomic E-state index is 0.230. The first-order chi connectivity index (χ1) is 24.3. The van der Waals surface area contributed by atoms with E-state index in [9.17, 15) is 0 Å². The summed E-state index contributed by atoms with van der Waals surface area (Å²) in [5, 5.41) is 13.9. The summed E-state index contributed by atoms with van der Waals surface area (Å²) in [5.41, 5.74) is 5.65. The fraction of sp³-hybridized carbons (Fsp3) is 0.0222. The Morgan fingerprint density at radius 3 is 1.78 bits per heavy atom. The molecule has 1 unspecified atom stereocenters. The van der Waals surface area contributed by atoms with Gasteiger partial charge in [-0.2, -0.15) is 0 Å². The molecule has 0 saturated heterocycles. The molecule has 0 fully saturated rings. The average Bonchev–Trinajstić information content (AvgIpc) is 3.57. The van der Waals surface area contributed by atoms with Crippen LogP contribution in [-0.4, -0.2) is 11.7 Å². The lowest BCUT2D eigenvalue weighted by atomic mass is 9.92.